The Morgan fingerprint density at radius 3 is 3.05 bits per heavy atom. The number of carbonyl (C=O) groups excluding carboxylic acids is 3. The number of urea groups is 1. The van der Waals surface area contributed by atoms with Crippen LogP contribution in [0.2, 0.25) is 0 Å². The maximum absolute atomic E-state index is 12.7. The van der Waals surface area contributed by atoms with Gasteiger partial charge in [-0.25, -0.2) is 9.78 Å². The summed E-state index contributed by atoms with van der Waals surface area (Å²) >= 11 is 1.29. The fourth-order valence-electron chi connectivity index (χ4n) is 3.23. The van der Waals surface area contributed by atoms with E-state index in [1.165, 1.54) is 11.3 Å². The first kappa shape index (κ1) is 15.0. The molecule has 2 heterocycles. The predicted molar refractivity (Wildman–Crippen MR) is 81.4 cm³/mol. The first-order valence-electron chi connectivity index (χ1n) is 7.36. The number of nitrogens with zero attached hydrogens (tertiary/aromatic N) is 2. The minimum Gasteiger partial charge on any atom is -0.323 e. The second-order valence-electron chi connectivity index (χ2n) is 5.83. The van der Waals surface area contributed by atoms with Gasteiger partial charge in [0.25, 0.3) is 5.91 Å². The van der Waals surface area contributed by atoms with Crippen LogP contribution in [-0.4, -0.2) is 39.8 Å². The van der Waals surface area contributed by atoms with E-state index in [1.807, 2.05) is 6.92 Å². The van der Waals surface area contributed by atoms with Crippen molar-refractivity contribution >= 4 is 34.3 Å². The maximum atomic E-state index is 12.7. The number of imide groups is 1. The van der Waals surface area contributed by atoms with Gasteiger partial charge in [0.1, 0.15) is 12.1 Å². The molecule has 0 unspecified atom stereocenters. The molecule has 0 aromatic carbocycles. The number of rotatable bonds is 3. The predicted octanol–water partition coefficient (Wildman–Crippen LogP) is 1.58. The van der Waals surface area contributed by atoms with Crippen molar-refractivity contribution in [2.24, 2.45) is 5.92 Å². The largest absolute Gasteiger partial charge is 0.325 e. The Morgan fingerprint density at radius 2 is 2.36 bits per heavy atom. The first-order valence-corrected chi connectivity index (χ1v) is 8.24. The Morgan fingerprint density at radius 1 is 1.55 bits per heavy atom. The van der Waals surface area contributed by atoms with Crippen molar-refractivity contribution in [2.75, 3.05) is 11.9 Å². The van der Waals surface area contributed by atoms with Gasteiger partial charge in [0, 0.05) is 11.6 Å². The standard InChI is InChI=1S/C14H18N4O3S/c1-9-4-2-3-5-14(9)11(20)18(13(21)17-14)8-10(19)16-12-15-6-7-22-12/h6-7,9H,2-5,8H2,1H3,(H,17,21)(H,15,16,19)/t9-,14+/m0/s1. The molecule has 1 saturated heterocycles. The Hall–Kier alpha value is -1.96. The molecular weight excluding hydrogens is 304 g/mol. The summed E-state index contributed by atoms with van der Waals surface area (Å²) < 4.78 is 0. The molecule has 22 heavy (non-hydrogen) atoms. The Balaban J connectivity index is 1.70. The Labute approximate surface area is 132 Å². The molecular formula is C14H18N4O3S. The topological polar surface area (TPSA) is 91.4 Å². The monoisotopic (exact) mass is 322 g/mol. The van der Waals surface area contributed by atoms with Crippen LogP contribution in [0.5, 0.6) is 0 Å². The highest BCUT2D eigenvalue weighted by Gasteiger charge is 2.55. The average molecular weight is 322 g/mol. The summed E-state index contributed by atoms with van der Waals surface area (Å²) in [5.74, 6) is -0.609. The molecule has 1 aliphatic heterocycles. The zero-order valence-corrected chi connectivity index (χ0v) is 13.1. The molecule has 1 saturated carbocycles. The Kier molecular flexibility index (Phi) is 3.86. The maximum Gasteiger partial charge on any atom is 0.325 e. The molecule has 0 radical (unpaired) electrons. The lowest BCUT2D eigenvalue weighted by Crippen LogP contribution is -2.54. The van der Waals surface area contributed by atoms with E-state index in [0.717, 1.165) is 24.2 Å². The molecule has 1 aromatic heterocycles. The summed E-state index contributed by atoms with van der Waals surface area (Å²) in [6, 6.07) is -0.479. The normalized spacial score (nSPS) is 28.0. The van der Waals surface area contributed by atoms with Crippen molar-refractivity contribution in [3.63, 3.8) is 0 Å². The van der Waals surface area contributed by atoms with Crippen LogP contribution in [-0.2, 0) is 9.59 Å². The molecule has 4 amide bonds. The first-order chi connectivity index (χ1) is 10.5. The van der Waals surface area contributed by atoms with Crippen molar-refractivity contribution in [2.45, 2.75) is 38.1 Å². The lowest BCUT2D eigenvalue weighted by molar-refractivity contribution is -0.136. The quantitative estimate of drug-likeness (QED) is 0.827. The number of thiazole rings is 1. The van der Waals surface area contributed by atoms with E-state index >= 15 is 0 Å². The van der Waals surface area contributed by atoms with Gasteiger partial charge in [-0.1, -0.05) is 19.8 Å². The number of carbonyl (C=O) groups is 3. The zero-order chi connectivity index (χ0) is 15.7. The average Bonchev–Trinajstić information content (AvgIpc) is 3.06. The van der Waals surface area contributed by atoms with Crippen LogP contribution in [0.4, 0.5) is 9.93 Å². The molecule has 8 heteroatoms. The number of hydrogen-bond acceptors (Lipinski definition) is 5. The molecule has 1 aliphatic carbocycles. The highest BCUT2D eigenvalue weighted by molar-refractivity contribution is 7.13. The summed E-state index contributed by atoms with van der Waals surface area (Å²) in [5.41, 5.74) is -0.823. The second-order valence-corrected chi connectivity index (χ2v) is 6.72. The van der Waals surface area contributed by atoms with E-state index in [2.05, 4.69) is 15.6 Å². The molecule has 2 N–H and O–H groups in total. The molecule has 2 atom stereocenters. The van der Waals surface area contributed by atoms with E-state index in [-0.39, 0.29) is 18.4 Å². The van der Waals surface area contributed by atoms with Crippen molar-refractivity contribution in [1.29, 1.82) is 0 Å². The van der Waals surface area contributed by atoms with E-state index < -0.39 is 17.5 Å². The number of amides is 4. The summed E-state index contributed by atoms with van der Waals surface area (Å²) in [6.45, 7) is 1.70. The fraction of sp³-hybridized carbons (Fsp3) is 0.571. The van der Waals surface area contributed by atoms with Gasteiger partial charge < -0.3 is 10.6 Å². The molecule has 0 bridgehead atoms. The SMILES string of the molecule is C[C@H]1CCCC[C@@]12NC(=O)N(CC(=O)Nc1nccs1)C2=O. The summed E-state index contributed by atoms with van der Waals surface area (Å²) in [6.07, 6.45) is 5.10. The zero-order valence-electron chi connectivity index (χ0n) is 12.3. The summed E-state index contributed by atoms with van der Waals surface area (Å²) in [4.78, 5) is 41.8. The van der Waals surface area contributed by atoms with E-state index in [0.29, 0.717) is 11.6 Å². The van der Waals surface area contributed by atoms with Crippen molar-refractivity contribution in [3.8, 4) is 0 Å². The summed E-state index contributed by atoms with van der Waals surface area (Å²) in [7, 11) is 0. The van der Waals surface area contributed by atoms with Gasteiger partial charge in [-0.15, -0.1) is 11.3 Å². The third-order valence-electron chi connectivity index (χ3n) is 4.48. The van der Waals surface area contributed by atoms with Crippen LogP contribution >= 0.6 is 11.3 Å². The van der Waals surface area contributed by atoms with Crippen LogP contribution in [0.1, 0.15) is 32.6 Å². The summed E-state index contributed by atoms with van der Waals surface area (Å²) in [5, 5.41) is 7.61. The van der Waals surface area contributed by atoms with E-state index in [1.54, 1.807) is 11.6 Å². The van der Waals surface area contributed by atoms with Crippen molar-refractivity contribution in [3.05, 3.63) is 11.6 Å². The van der Waals surface area contributed by atoms with Gasteiger partial charge in [0.15, 0.2) is 5.13 Å². The smallest absolute Gasteiger partial charge is 0.323 e. The van der Waals surface area contributed by atoms with Gasteiger partial charge in [-0.2, -0.15) is 0 Å². The molecule has 7 nitrogen and oxygen atoms in total. The third kappa shape index (κ3) is 2.47. The molecule has 2 aliphatic rings. The van der Waals surface area contributed by atoms with Crippen LogP contribution in [0.25, 0.3) is 0 Å². The van der Waals surface area contributed by atoms with Crippen LogP contribution in [0.3, 0.4) is 0 Å². The second kappa shape index (κ2) is 5.68. The van der Waals surface area contributed by atoms with Gasteiger partial charge in [-0.05, 0) is 18.8 Å². The number of hydrogen-bond donors (Lipinski definition) is 2. The van der Waals surface area contributed by atoms with Gasteiger partial charge in [0.05, 0.1) is 0 Å². The molecule has 3 rings (SSSR count). The minimum atomic E-state index is -0.823. The number of anilines is 1. The lowest BCUT2D eigenvalue weighted by Gasteiger charge is -2.36. The van der Waals surface area contributed by atoms with E-state index in [9.17, 15) is 14.4 Å². The lowest BCUT2D eigenvalue weighted by atomic mass is 9.73. The molecule has 1 spiro atoms. The fourth-order valence-corrected chi connectivity index (χ4v) is 3.77. The van der Waals surface area contributed by atoms with E-state index in [4.69, 9.17) is 0 Å². The van der Waals surface area contributed by atoms with Gasteiger partial charge in [0.2, 0.25) is 5.91 Å². The minimum absolute atomic E-state index is 0.0877. The highest BCUT2D eigenvalue weighted by atomic mass is 32.1. The molecule has 118 valence electrons. The van der Waals surface area contributed by atoms with Crippen LogP contribution in [0, 0.1) is 5.92 Å². The van der Waals surface area contributed by atoms with Crippen molar-refractivity contribution < 1.29 is 14.4 Å². The number of aromatic nitrogens is 1. The van der Waals surface area contributed by atoms with Crippen LogP contribution in [0.15, 0.2) is 11.6 Å². The highest BCUT2D eigenvalue weighted by Crippen LogP contribution is 2.38. The van der Waals surface area contributed by atoms with Crippen molar-refractivity contribution in [1.82, 2.24) is 15.2 Å². The van der Waals surface area contributed by atoms with Gasteiger partial charge >= 0.3 is 6.03 Å². The Bertz CT molecular complexity index is 603. The molecule has 1 aromatic rings. The third-order valence-corrected chi connectivity index (χ3v) is 5.17. The van der Waals surface area contributed by atoms with Gasteiger partial charge in [-0.3, -0.25) is 14.5 Å². The number of nitrogens with one attached hydrogen (secondary N) is 2. The van der Waals surface area contributed by atoms with Crippen LogP contribution < -0.4 is 10.6 Å². The molecule has 2 fully saturated rings.